The van der Waals surface area contributed by atoms with E-state index in [0.717, 1.165) is 42.7 Å². The number of piperazine rings is 1. The number of guanidine groups is 1. The maximum absolute atomic E-state index is 12.6. The van der Waals surface area contributed by atoms with Crippen LogP contribution >= 0.6 is 24.0 Å². The van der Waals surface area contributed by atoms with Gasteiger partial charge in [-0.05, 0) is 31.2 Å². The first kappa shape index (κ1) is 24.8. The number of halogens is 1. The topological polar surface area (TPSA) is 84.2 Å². The molecular weight excluding hydrogens is 511 g/mol. The molecule has 1 fully saturated rings. The Hall–Kier alpha value is -2.50. The summed E-state index contributed by atoms with van der Waals surface area (Å²) in [7, 11) is 3.49. The second-order valence-electron chi connectivity index (χ2n) is 6.95. The number of carbonyl (C=O) groups excluding carboxylic acids is 1. The van der Waals surface area contributed by atoms with Crippen molar-refractivity contribution in [2.45, 2.75) is 13.3 Å². The van der Waals surface area contributed by atoms with Crippen LogP contribution in [-0.2, 0) is 11.8 Å². The zero-order valence-electron chi connectivity index (χ0n) is 18.3. The predicted octanol–water partition coefficient (Wildman–Crippen LogP) is 2.13. The highest BCUT2D eigenvalue weighted by Gasteiger charge is 2.27. The number of anilines is 1. The summed E-state index contributed by atoms with van der Waals surface area (Å²) < 4.78 is 12.6. The molecule has 1 aromatic carbocycles. The Labute approximate surface area is 200 Å². The van der Waals surface area contributed by atoms with Crippen molar-refractivity contribution in [2.24, 2.45) is 12.0 Å². The molecule has 0 saturated carbocycles. The highest BCUT2D eigenvalue weighted by atomic mass is 127. The summed E-state index contributed by atoms with van der Waals surface area (Å²) in [5, 5.41) is 7.44. The zero-order valence-corrected chi connectivity index (χ0v) is 20.6. The third-order valence-electron chi connectivity index (χ3n) is 4.75. The Morgan fingerprint density at radius 2 is 1.97 bits per heavy atom. The number of aliphatic imine (C=N–C) groups is 1. The summed E-state index contributed by atoms with van der Waals surface area (Å²) in [5.74, 6) is 2.42. The maximum Gasteiger partial charge on any atom is 0.246 e. The number of nitrogens with one attached hydrogen (secondary N) is 1. The van der Waals surface area contributed by atoms with Crippen LogP contribution in [0.15, 0.2) is 41.7 Å². The lowest BCUT2D eigenvalue weighted by Crippen LogP contribution is -2.55. The summed E-state index contributed by atoms with van der Waals surface area (Å²) in [5.41, 5.74) is 0.833. The van der Waals surface area contributed by atoms with Gasteiger partial charge in [0.05, 0.1) is 25.6 Å². The van der Waals surface area contributed by atoms with Gasteiger partial charge in [-0.25, -0.2) is 0 Å². The van der Waals surface area contributed by atoms with Gasteiger partial charge in [0.2, 0.25) is 5.91 Å². The van der Waals surface area contributed by atoms with Crippen molar-refractivity contribution >= 4 is 41.5 Å². The van der Waals surface area contributed by atoms with E-state index < -0.39 is 0 Å². The van der Waals surface area contributed by atoms with E-state index in [-0.39, 0.29) is 29.9 Å². The second-order valence-corrected chi connectivity index (χ2v) is 6.95. The number of hydrogen-bond donors (Lipinski definition) is 1. The molecule has 1 aliphatic rings. The molecule has 1 aromatic heterocycles. The van der Waals surface area contributed by atoms with Crippen molar-refractivity contribution in [1.29, 1.82) is 0 Å². The van der Waals surface area contributed by atoms with Crippen LogP contribution in [0.5, 0.6) is 11.5 Å². The number of hydrogen-bond acceptors (Lipinski definition) is 5. The first-order chi connectivity index (χ1) is 14.6. The number of benzene rings is 1. The van der Waals surface area contributed by atoms with Crippen LogP contribution in [0.3, 0.4) is 0 Å². The van der Waals surface area contributed by atoms with Gasteiger partial charge >= 0.3 is 0 Å². The van der Waals surface area contributed by atoms with Crippen molar-refractivity contribution in [3.8, 4) is 11.5 Å². The van der Waals surface area contributed by atoms with E-state index in [0.29, 0.717) is 26.2 Å². The van der Waals surface area contributed by atoms with E-state index in [1.807, 2.05) is 49.3 Å². The van der Waals surface area contributed by atoms with Gasteiger partial charge in [-0.15, -0.1) is 24.0 Å². The largest absolute Gasteiger partial charge is 0.497 e. The van der Waals surface area contributed by atoms with E-state index in [1.165, 1.54) is 0 Å². The number of ether oxygens (including phenoxy) is 2. The minimum Gasteiger partial charge on any atom is -0.497 e. The van der Waals surface area contributed by atoms with Crippen LogP contribution in [0.2, 0.25) is 0 Å². The van der Waals surface area contributed by atoms with E-state index in [1.54, 1.807) is 22.9 Å². The van der Waals surface area contributed by atoms with Crippen molar-refractivity contribution in [3.05, 3.63) is 36.7 Å². The third kappa shape index (κ3) is 7.01. The minimum absolute atomic E-state index is 0. The van der Waals surface area contributed by atoms with Crippen LogP contribution in [-0.4, -0.2) is 73.0 Å². The summed E-state index contributed by atoms with van der Waals surface area (Å²) in [4.78, 5) is 21.1. The van der Waals surface area contributed by atoms with Gasteiger partial charge in [0, 0.05) is 45.8 Å². The Balaban J connectivity index is 0.00000341. The standard InChI is InChI=1S/C21H30N6O3.HI/c1-4-22-21(23-10-5-13-30-19-8-6-18(29-3)7-9-19)26-11-12-27(20(28)16-26)17-14-24-25(2)15-17;/h6-9,14-15H,4-5,10-13,16H2,1-3H3,(H,22,23);1H. The highest BCUT2D eigenvalue weighted by Crippen LogP contribution is 2.17. The second kappa shape index (κ2) is 12.4. The molecular formula is C21H31IN6O3. The molecule has 3 rings (SSSR count). The number of rotatable bonds is 8. The molecule has 1 saturated heterocycles. The Morgan fingerprint density at radius 3 is 2.58 bits per heavy atom. The number of aromatic nitrogens is 2. The number of methoxy groups -OCH3 is 1. The molecule has 0 atom stereocenters. The summed E-state index contributed by atoms with van der Waals surface area (Å²) in [6.45, 7) is 5.58. The van der Waals surface area contributed by atoms with Crippen molar-refractivity contribution in [1.82, 2.24) is 20.0 Å². The first-order valence-corrected chi connectivity index (χ1v) is 10.2. The number of carbonyl (C=O) groups is 1. The molecule has 0 radical (unpaired) electrons. The van der Waals surface area contributed by atoms with E-state index in [9.17, 15) is 4.79 Å². The van der Waals surface area contributed by atoms with Crippen LogP contribution in [0.1, 0.15) is 13.3 Å². The third-order valence-corrected chi connectivity index (χ3v) is 4.75. The van der Waals surface area contributed by atoms with Gasteiger partial charge in [-0.3, -0.25) is 14.5 Å². The maximum atomic E-state index is 12.6. The predicted molar refractivity (Wildman–Crippen MR) is 132 cm³/mol. The number of aryl methyl sites for hydroxylation is 1. The molecule has 31 heavy (non-hydrogen) atoms. The van der Waals surface area contributed by atoms with Crippen LogP contribution in [0, 0.1) is 0 Å². The average molecular weight is 542 g/mol. The van der Waals surface area contributed by atoms with E-state index in [4.69, 9.17) is 9.47 Å². The van der Waals surface area contributed by atoms with Crippen LogP contribution in [0.4, 0.5) is 5.69 Å². The molecule has 1 aliphatic heterocycles. The molecule has 170 valence electrons. The smallest absolute Gasteiger partial charge is 0.246 e. The van der Waals surface area contributed by atoms with Crippen LogP contribution in [0.25, 0.3) is 0 Å². The van der Waals surface area contributed by atoms with Crippen LogP contribution < -0.4 is 19.7 Å². The summed E-state index contributed by atoms with van der Waals surface area (Å²) in [6, 6.07) is 7.52. The normalized spacial score (nSPS) is 14.3. The number of nitrogens with zero attached hydrogens (tertiary/aromatic N) is 5. The summed E-state index contributed by atoms with van der Waals surface area (Å²) in [6.07, 6.45) is 4.36. The lowest BCUT2D eigenvalue weighted by molar-refractivity contribution is -0.120. The van der Waals surface area contributed by atoms with Crippen molar-refractivity contribution < 1.29 is 14.3 Å². The SMILES string of the molecule is CCNC(=NCCCOc1ccc(OC)cc1)N1CCN(c2cnn(C)c2)C(=O)C1.I. The molecule has 0 unspecified atom stereocenters. The van der Waals surface area contributed by atoms with Gasteiger partial charge in [0.1, 0.15) is 18.0 Å². The van der Waals surface area contributed by atoms with Crippen molar-refractivity contribution in [2.75, 3.05) is 51.3 Å². The monoisotopic (exact) mass is 542 g/mol. The fraction of sp³-hybridized carbons (Fsp3) is 0.476. The number of amides is 1. The molecule has 2 aromatic rings. The Morgan fingerprint density at radius 1 is 1.23 bits per heavy atom. The van der Waals surface area contributed by atoms with Gasteiger partial charge < -0.3 is 24.6 Å². The molecule has 9 nitrogen and oxygen atoms in total. The quantitative estimate of drug-likeness (QED) is 0.238. The molecule has 0 spiro atoms. The lowest BCUT2D eigenvalue weighted by Gasteiger charge is -2.35. The Bertz CT molecular complexity index is 855. The molecule has 2 heterocycles. The Kier molecular flexibility index (Phi) is 9.89. The molecule has 0 aliphatic carbocycles. The molecule has 1 amide bonds. The van der Waals surface area contributed by atoms with Gasteiger partial charge in [0.25, 0.3) is 0 Å². The highest BCUT2D eigenvalue weighted by molar-refractivity contribution is 14.0. The average Bonchev–Trinajstić information content (AvgIpc) is 3.19. The van der Waals surface area contributed by atoms with Gasteiger partial charge in [0.15, 0.2) is 5.96 Å². The summed E-state index contributed by atoms with van der Waals surface area (Å²) >= 11 is 0. The minimum atomic E-state index is 0. The van der Waals surface area contributed by atoms with Gasteiger partial charge in [-0.2, -0.15) is 5.10 Å². The first-order valence-electron chi connectivity index (χ1n) is 10.2. The molecule has 10 heteroatoms. The van der Waals surface area contributed by atoms with Crippen molar-refractivity contribution in [3.63, 3.8) is 0 Å². The molecule has 1 N–H and O–H groups in total. The fourth-order valence-corrected chi connectivity index (χ4v) is 3.21. The van der Waals surface area contributed by atoms with E-state index in [2.05, 4.69) is 15.4 Å². The van der Waals surface area contributed by atoms with Gasteiger partial charge in [-0.1, -0.05) is 0 Å². The lowest BCUT2D eigenvalue weighted by atomic mass is 10.3. The fourth-order valence-electron chi connectivity index (χ4n) is 3.21. The van der Waals surface area contributed by atoms with E-state index >= 15 is 0 Å². The molecule has 0 bridgehead atoms. The zero-order chi connectivity index (χ0) is 21.3.